The molecule has 4 rings (SSSR count). The number of aromatic nitrogens is 1. The number of sulfonamides is 1. The molecule has 0 bridgehead atoms. The van der Waals surface area contributed by atoms with Crippen LogP contribution in [0, 0.1) is 11.2 Å². The fourth-order valence-corrected chi connectivity index (χ4v) is 5.89. The maximum Gasteiger partial charge on any atom is 0.244 e. The van der Waals surface area contributed by atoms with E-state index in [2.05, 4.69) is 9.88 Å². The van der Waals surface area contributed by atoms with Crippen LogP contribution in [0.15, 0.2) is 53.7 Å². The van der Waals surface area contributed by atoms with Crippen LogP contribution in [0.1, 0.15) is 24.8 Å². The lowest BCUT2D eigenvalue weighted by Gasteiger charge is -2.40. The van der Waals surface area contributed by atoms with Crippen LogP contribution in [0.3, 0.4) is 0 Å². The number of nitrogens with zero attached hydrogens (tertiary/aromatic N) is 3. The number of piperidine rings is 1. The summed E-state index contributed by atoms with van der Waals surface area (Å²) in [5.74, 6) is -0.221. The molecule has 2 aliphatic rings. The number of rotatable bonds is 4. The molecular formula is C20H24FN3O2S. The minimum absolute atomic E-state index is 0.00750. The predicted molar refractivity (Wildman–Crippen MR) is 101 cm³/mol. The molecule has 1 spiro atoms. The second kappa shape index (κ2) is 7.30. The van der Waals surface area contributed by atoms with Gasteiger partial charge in [-0.1, -0.05) is 12.1 Å². The summed E-state index contributed by atoms with van der Waals surface area (Å²) in [5, 5.41) is 0. The Kier molecular flexibility index (Phi) is 5.01. The summed E-state index contributed by atoms with van der Waals surface area (Å²) in [6.45, 7) is 3.76. The van der Waals surface area contributed by atoms with E-state index in [0.717, 1.165) is 44.5 Å². The minimum atomic E-state index is -3.48. The molecule has 0 amide bonds. The Balaban J connectivity index is 1.45. The molecule has 1 aromatic heterocycles. The van der Waals surface area contributed by atoms with Gasteiger partial charge in [0.15, 0.2) is 0 Å². The fourth-order valence-electron chi connectivity index (χ4n) is 4.37. The predicted octanol–water partition coefficient (Wildman–Crippen LogP) is 2.90. The van der Waals surface area contributed by atoms with Crippen molar-refractivity contribution in [3.05, 3.63) is 60.2 Å². The van der Waals surface area contributed by atoms with E-state index >= 15 is 0 Å². The van der Waals surface area contributed by atoms with Crippen molar-refractivity contribution in [1.82, 2.24) is 14.2 Å². The Labute approximate surface area is 159 Å². The third-order valence-corrected chi connectivity index (χ3v) is 7.56. The number of halogens is 1. The fraction of sp³-hybridized carbons (Fsp3) is 0.450. The van der Waals surface area contributed by atoms with Crippen LogP contribution >= 0.6 is 0 Å². The van der Waals surface area contributed by atoms with Crippen LogP contribution in [0.2, 0.25) is 0 Å². The van der Waals surface area contributed by atoms with Crippen LogP contribution in [-0.2, 0) is 16.6 Å². The van der Waals surface area contributed by atoms with E-state index in [4.69, 9.17) is 0 Å². The van der Waals surface area contributed by atoms with E-state index in [1.807, 2.05) is 12.1 Å². The molecule has 2 aliphatic heterocycles. The second-order valence-corrected chi connectivity index (χ2v) is 9.66. The standard InChI is InChI=1S/C20H24FN3O2S/c21-18-6-4-17(5-7-18)14-23-11-2-8-20(15-23)9-12-24(16-20)27(25,26)19-3-1-10-22-13-19/h1,3-7,10,13H,2,8-9,11-12,14-16H2/t20-/m1/s1. The molecule has 27 heavy (non-hydrogen) atoms. The maximum atomic E-state index is 13.1. The summed E-state index contributed by atoms with van der Waals surface area (Å²) in [6.07, 6.45) is 5.99. The average Bonchev–Trinajstić information content (AvgIpc) is 3.08. The second-order valence-electron chi connectivity index (χ2n) is 7.72. The van der Waals surface area contributed by atoms with Crippen molar-refractivity contribution >= 4 is 10.0 Å². The smallest absolute Gasteiger partial charge is 0.244 e. The van der Waals surface area contributed by atoms with Crippen LogP contribution in [0.5, 0.6) is 0 Å². The van der Waals surface area contributed by atoms with Crippen LogP contribution in [0.25, 0.3) is 0 Å². The van der Waals surface area contributed by atoms with Gasteiger partial charge in [-0.2, -0.15) is 4.31 Å². The van der Waals surface area contributed by atoms with Gasteiger partial charge in [-0.25, -0.2) is 12.8 Å². The molecule has 0 aliphatic carbocycles. The molecule has 1 atom stereocenters. The molecule has 1 aromatic carbocycles. The highest BCUT2D eigenvalue weighted by Crippen LogP contribution is 2.41. The van der Waals surface area contributed by atoms with Gasteiger partial charge in [0.05, 0.1) is 0 Å². The van der Waals surface area contributed by atoms with Crippen LogP contribution < -0.4 is 0 Å². The van der Waals surface area contributed by atoms with Crippen molar-refractivity contribution in [2.45, 2.75) is 30.7 Å². The molecule has 0 saturated carbocycles. The summed E-state index contributed by atoms with van der Waals surface area (Å²) in [7, 11) is -3.48. The minimum Gasteiger partial charge on any atom is -0.298 e. The number of hydrogen-bond donors (Lipinski definition) is 0. The Hall–Kier alpha value is -1.83. The van der Waals surface area contributed by atoms with Gasteiger partial charge in [0.25, 0.3) is 0 Å². The number of likely N-dealkylation sites (tertiary alicyclic amines) is 1. The van der Waals surface area contributed by atoms with Gasteiger partial charge in [-0.05, 0) is 61.1 Å². The molecule has 144 valence electrons. The summed E-state index contributed by atoms with van der Waals surface area (Å²) in [4.78, 5) is 6.59. The Bertz CT molecular complexity index is 889. The first kappa shape index (κ1) is 18.5. The Morgan fingerprint density at radius 2 is 1.89 bits per heavy atom. The molecule has 0 unspecified atom stereocenters. The highest BCUT2D eigenvalue weighted by atomic mass is 32.2. The molecular weight excluding hydrogens is 365 g/mol. The van der Waals surface area contributed by atoms with Crippen molar-refractivity contribution in [2.24, 2.45) is 5.41 Å². The number of pyridine rings is 1. The zero-order valence-corrected chi connectivity index (χ0v) is 16.0. The van der Waals surface area contributed by atoms with Gasteiger partial charge in [0.2, 0.25) is 10.0 Å². The van der Waals surface area contributed by atoms with Gasteiger partial charge in [0.1, 0.15) is 10.7 Å². The third-order valence-electron chi connectivity index (χ3n) is 5.74. The van der Waals surface area contributed by atoms with Gasteiger partial charge < -0.3 is 0 Å². The summed E-state index contributed by atoms with van der Waals surface area (Å²) < 4.78 is 40.5. The van der Waals surface area contributed by atoms with Gasteiger partial charge in [0, 0.05) is 38.6 Å². The SMILES string of the molecule is O=S(=O)(c1cccnc1)N1CC[C@@]2(CCCN(Cc3ccc(F)cc3)C2)C1. The van der Waals surface area contributed by atoms with Crippen molar-refractivity contribution in [1.29, 1.82) is 0 Å². The van der Waals surface area contributed by atoms with E-state index in [-0.39, 0.29) is 16.1 Å². The lowest BCUT2D eigenvalue weighted by molar-refractivity contribution is 0.0935. The zero-order valence-electron chi connectivity index (χ0n) is 15.2. The molecule has 3 heterocycles. The Morgan fingerprint density at radius 1 is 1.07 bits per heavy atom. The first-order chi connectivity index (χ1) is 13.0. The van der Waals surface area contributed by atoms with Crippen molar-refractivity contribution in [3.8, 4) is 0 Å². The molecule has 0 N–H and O–H groups in total. The van der Waals surface area contributed by atoms with Crippen molar-refractivity contribution in [2.75, 3.05) is 26.2 Å². The topological polar surface area (TPSA) is 53.5 Å². The van der Waals surface area contributed by atoms with Crippen LogP contribution in [-0.4, -0.2) is 48.8 Å². The number of benzene rings is 1. The summed E-state index contributed by atoms with van der Waals surface area (Å²) in [6, 6.07) is 9.90. The summed E-state index contributed by atoms with van der Waals surface area (Å²) in [5.41, 5.74) is 1.10. The monoisotopic (exact) mass is 389 g/mol. The highest BCUT2D eigenvalue weighted by molar-refractivity contribution is 7.89. The molecule has 2 saturated heterocycles. The van der Waals surface area contributed by atoms with Gasteiger partial charge in [-0.3, -0.25) is 9.88 Å². The first-order valence-corrected chi connectivity index (χ1v) is 10.8. The lowest BCUT2D eigenvalue weighted by Crippen LogP contribution is -2.45. The van der Waals surface area contributed by atoms with E-state index in [1.54, 1.807) is 22.6 Å². The van der Waals surface area contributed by atoms with E-state index in [1.165, 1.54) is 18.3 Å². The molecule has 2 fully saturated rings. The van der Waals surface area contributed by atoms with Gasteiger partial charge in [-0.15, -0.1) is 0 Å². The molecule has 0 radical (unpaired) electrons. The highest BCUT2D eigenvalue weighted by Gasteiger charge is 2.45. The largest absolute Gasteiger partial charge is 0.298 e. The van der Waals surface area contributed by atoms with Crippen molar-refractivity contribution < 1.29 is 12.8 Å². The molecule has 5 nitrogen and oxygen atoms in total. The average molecular weight is 389 g/mol. The summed E-state index contributed by atoms with van der Waals surface area (Å²) >= 11 is 0. The van der Waals surface area contributed by atoms with Crippen molar-refractivity contribution in [3.63, 3.8) is 0 Å². The molecule has 2 aromatic rings. The van der Waals surface area contributed by atoms with E-state index in [9.17, 15) is 12.8 Å². The first-order valence-electron chi connectivity index (χ1n) is 9.34. The maximum absolute atomic E-state index is 13.1. The molecule has 7 heteroatoms. The third kappa shape index (κ3) is 3.90. The van der Waals surface area contributed by atoms with E-state index in [0.29, 0.717) is 13.1 Å². The quantitative estimate of drug-likeness (QED) is 0.807. The zero-order chi connectivity index (χ0) is 18.9. The number of hydrogen-bond acceptors (Lipinski definition) is 4. The Morgan fingerprint density at radius 3 is 2.63 bits per heavy atom. The van der Waals surface area contributed by atoms with E-state index < -0.39 is 10.0 Å². The normalized spacial score (nSPS) is 24.5. The lowest BCUT2D eigenvalue weighted by atomic mass is 9.79. The van der Waals surface area contributed by atoms with Crippen LogP contribution in [0.4, 0.5) is 4.39 Å². The van der Waals surface area contributed by atoms with Gasteiger partial charge >= 0.3 is 0 Å².